The van der Waals surface area contributed by atoms with E-state index >= 15 is 0 Å². The van der Waals surface area contributed by atoms with Crippen molar-refractivity contribution in [1.82, 2.24) is 14.8 Å². The van der Waals surface area contributed by atoms with Gasteiger partial charge in [0, 0.05) is 16.8 Å². The molecule has 0 fully saturated rings. The number of hydrogen-bond donors (Lipinski definition) is 1. The smallest absolute Gasteiger partial charge is 0.235 e. The predicted molar refractivity (Wildman–Crippen MR) is 132 cm³/mol. The highest BCUT2D eigenvalue weighted by atomic mass is 32.2. The van der Waals surface area contributed by atoms with E-state index in [0.717, 1.165) is 42.2 Å². The zero-order valence-corrected chi connectivity index (χ0v) is 21.9. The van der Waals surface area contributed by atoms with Crippen LogP contribution in [0, 0.1) is 22.7 Å². The maximum atomic E-state index is 12.8. The van der Waals surface area contributed by atoms with Crippen LogP contribution in [0.1, 0.15) is 95.1 Å². The van der Waals surface area contributed by atoms with E-state index in [1.165, 1.54) is 16.6 Å². The van der Waals surface area contributed by atoms with Crippen molar-refractivity contribution >= 4 is 34.0 Å². The van der Waals surface area contributed by atoms with E-state index in [-0.39, 0.29) is 29.0 Å². The zero-order valence-electron chi connectivity index (χ0n) is 20.3. The van der Waals surface area contributed by atoms with Gasteiger partial charge < -0.3 is 9.88 Å². The quantitative estimate of drug-likeness (QED) is 0.462. The molecule has 0 aromatic carbocycles. The molecule has 8 heteroatoms. The maximum absolute atomic E-state index is 12.8. The van der Waals surface area contributed by atoms with Crippen LogP contribution in [-0.2, 0) is 17.6 Å². The Morgan fingerprint density at radius 1 is 1.34 bits per heavy atom. The average Bonchev–Trinajstić information content (AvgIpc) is 3.32. The monoisotopic (exact) mass is 473 g/mol. The minimum atomic E-state index is -0.111. The normalized spacial score (nSPS) is 16.3. The maximum Gasteiger partial charge on any atom is 0.235 e. The Morgan fingerprint density at radius 3 is 2.66 bits per heavy atom. The van der Waals surface area contributed by atoms with Crippen molar-refractivity contribution in [3.63, 3.8) is 0 Å². The van der Waals surface area contributed by atoms with Crippen molar-refractivity contribution in [1.29, 1.82) is 5.26 Å². The number of nitrogens with one attached hydrogen (secondary N) is 1. The number of carbonyl (C=O) groups excluding carboxylic acids is 1. The van der Waals surface area contributed by atoms with Gasteiger partial charge >= 0.3 is 0 Å². The molecule has 0 spiro atoms. The van der Waals surface area contributed by atoms with Gasteiger partial charge in [-0.3, -0.25) is 4.79 Å². The molecule has 2 aromatic rings. The second kappa shape index (κ2) is 9.96. The average molecular weight is 474 g/mol. The molecule has 32 heavy (non-hydrogen) atoms. The highest BCUT2D eigenvalue weighted by molar-refractivity contribution is 7.99. The number of rotatable bonds is 8. The van der Waals surface area contributed by atoms with E-state index in [4.69, 9.17) is 0 Å². The first kappa shape index (κ1) is 24.8. The van der Waals surface area contributed by atoms with Crippen molar-refractivity contribution in [2.75, 3.05) is 11.1 Å². The van der Waals surface area contributed by atoms with Gasteiger partial charge in [-0.1, -0.05) is 52.8 Å². The molecule has 0 radical (unpaired) electrons. The second-order valence-corrected chi connectivity index (χ2v) is 11.9. The summed E-state index contributed by atoms with van der Waals surface area (Å²) in [6.07, 6.45) is 4.16. The number of carbonyl (C=O) groups is 1. The molecular weight excluding hydrogens is 438 g/mol. The van der Waals surface area contributed by atoms with Crippen molar-refractivity contribution in [3.8, 4) is 6.07 Å². The third-order valence-corrected chi connectivity index (χ3v) is 8.82. The SMILES string of the molecule is CCC(C)(C)C1CCc2c(sc(NC(=O)CSc3nnc(C(C)C)n3C(C)C)c2C#N)C1. The van der Waals surface area contributed by atoms with Gasteiger partial charge in [-0.25, -0.2) is 0 Å². The molecule has 0 saturated carbocycles. The summed E-state index contributed by atoms with van der Waals surface area (Å²) in [5, 5.41) is 22.9. The summed E-state index contributed by atoms with van der Waals surface area (Å²) in [7, 11) is 0. The Labute approximate surface area is 200 Å². The molecule has 174 valence electrons. The first-order valence-electron chi connectivity index (χ1n) is 11.5. The lowest BCUT2D eigenvalue weighted by atomic mass is 9.69. The first-order valence-corrected chi connectivity index (χ1v) is 13.3. The van der Waals surface area contributed by atoms with Gasteiger partial charge in [0.15, 0.2) is 5.16 Å². The first-order chi connectivity index (χ1) is 15.1. The Bertz CT molecular complexity index is 1010. The van der Waals surface area contributed by atoms with Crippen LogP contribution in [0.3, 0.4) is 0 Å². The highest BCUT2D eigenvalue weighted by Gasteiger charge is 2.34. The Morgan fingerprint density at radius 2 is 2.06 bits per heavy atom. The highest BCUT2D eigenvalue weighted by Crippen LogP contribution is 2.45. The van der Waals surface area contributed by atoms with Gasteiger partial charge in [0.2, 0.25) is 5.91 Å². The van der Waals surface area contributed by atoms with E-state index < -0.39 is 0 Å². The number of nitriles is 1. The van der Waals surface area contributed by atoms with E-state index in [2.05, 4.69) is 74.6 Å². The summed E-state index contributed by atoms with van der Waals surface area (Å²) in [4.78, 5) is 14.0. The van der Waals surface area contributed by atoms with Crippen molar-refractivity contribution in [2.24, 2.45) is 11.3 Å². The Kier molecular flexibility index (Phi) is 7.72. The molecule has 6 nitrogen and oxygen atoms in total. The number of aromatic nitrogens is 3. The largest absolute Gasteiger partial charge is 0.316 e. The minimum Gasteiger partial charge on any atom is -0.316 e. The predicted octanol–water partition coefficient (Wildman–Crippen LogP) is 6.19. The molecule has 0 saturated heterocycles. The number of thiophene rings is 1. The van der Waals surface area contributed by atoms with Gasteiger partial charge in [-0.05, 0) is 50.0 Å². The summed E-state index contributed by atoms with van der Waals surface area (Å²) in [6, 6.07) is 2.58. The summed E-state index contributed by atoms with van der Waals surface area (Å²) >= 11 is 2.98. The van der Waals surface area contributed by atoms with Gasteiger partial charge in [0.05, 0.1) is 11.3 Å². The van der Waals surface area contributed by atoms with Gasteiger partial charge in [0.1, 0.15) is 16.9 Å². The lowest BCUT2D eigenvalue weighted by molar-refractivity contribution is -0.113. The summed E-state index contributed by atoms with van der Waals surface area (Å²) in [5.74, 6) is 1.94. The lowest BCUT2D eigenvalue weighted by Crippen LogP contribution is -2.28. The second-order valence-electron chi connectivity index (χ2n) is 9.90. The number of fused-ring (bicyclic) bond motifs is 1. The lowest BCUT2D eigenvalue weighted by Gasteiger charge is -2.36. The van der Waals surface area contributed by atoms with Crippen LogP contribution in [0.2, 0.25) is 0 Å². The van der Waals surface area contributed by atoms with E-state index in [1.54, 1.807) is 11.3 Å². The number of thioether (sulfide) groups is 1. The van der Waals surface area contributed by atoms with Crippen LogP contribution in [-0.4, -0.2) is 26.4 Å². The molecule has 2 heterocycles. The zero-order chi connectivity index (χ0) is 23.6. The number of amides is 1. The fourth-order valence-corrected chi connectivity index (χ4v) is 6.47. The van der Waals surface area contributed by atoms with Crippen LogP contribution in [0.5, 0.6) is 0 Å². The van der Waals surface area contributed by atoms with Crippen LogP contribution < -0.4 is 5.32 Å². The molecule has 1 N–H and O–H groups in total. The standard InChI is InChI=1S/C24H35N5OS2/c1-8-24(6,7)16-9-10-17-18(12-25)22(32-19(17)11-16)26-20(30)13-31-23-28-27-21(14(2)3)29(23)15(4)5/h14-16H,8-11,13H2,1-7H3,(H,26,30). The molecule has 0 aliphatic heterocycles. The molecule has 1 amide bonds. The summed E-state index contributed by atoms with van der Waals surface area (Å²) in [5.41, 5.74) is 2.09. The topological polar surface area (TPSA) is 83.6 Å². The Hall–Kier alpha value is -1.85. The van der Waals surface area contributed by atoms with Crippen LogP contribution >= 0.6 is 23.1 Å². The van der Waals surface area contributed by atoms with Crippen LogP contribution in [0.25, 0.3) is 0 Å². The fourth-order valence-electron chi connectivity index (χ4n) is 4.31. The van der Waals surface area contributed by atoms with E-state index in [9.17, 15) is 10.1 Å². The summed E-state index contributed by atoms with van der Waals surface area (Å²) < 4.78 is 2.10. The third-order valence-electron chi connectivity index (χ3n) is 6.70. The van der Waals surface area contributed by atoms with Crippen LogP contribution in [0.4, 0.5) is 5.00 Å². The number of hydrogen-bond acceptors (Lipinski definition) is 6. The molecule has 3 rings (SSSR count). The third kappa shape index (κ3) is 5.04. The van der Waals surface area contributed by atoms with Crippen molar-refractivity contribution < 1.29 is 4.79 Å². The Balaban J connectivity index is 1.71. The van der Waals surface area contributed by atoms with E-state index in [1.807, 2.05) is 0 Å². The van der Waals surface area contributed by atoms with Crippen LogP contribution in [0.15, 0.2) is 5.16 Å². The molecule has 1 atom stereocenters. The molecule has 1 unspecified atom stereocenters. The van der Waals surface area contributed by atoms with Crippen molar-refractivity contribution in [3.05, 3.63) is 21.8 Å². The van der Waals surface area contributed by atoms with Gasteiger partial charge in [0.25, 0.3) is 0 Å². The molecule has 2 aromatic heterocycles. The van der Waals surface area contributed by atoms with Crippen molar-refractivity contribution in [2.45, 2.75) is 91.3 Å². The molecule has 0 bridgehead atoms. The molecular formula is C24H35N5OS2. The number of anilines is 1. The van der Waals surface area contributed by atoms with E-state index in [0.29, 0.717) is 16.5 Å². The number of nitrogens with zero attached hydrogens (tertiary/aromatic N) is 4. The fraction of sp³-hybridized carbons (Fsp3) is 0.667. The molecule has 1 aliphatic rings. The summed E-state index contributed by atoms with van der Waals surface area (Å²) in [6.45, 7) is 15.3. The minimum absolute atomic E-state index is 0.111. The van der Waals surface area contributed by atoms with Gasteiger partial charge in [-0.2, -0.15) is 5.26 Å². The van der Waals surface area contributed by atoms with Gasteiger partial charge in [-0.15, -0.1) is 21.5 Å². The molecule has 1 aliphatic carbocycles.